The van der Waals surface area contributed by atoms with Gasteiger partial charge in [-0.3, -0.25) is 9.59 Å². The summed E-state index contributed by atoms with van der Waals surface area (Å²) >= 11 is 0. The van der Waals surface area contributed by atoms with E-state index in [4.69, 9.17) is 5.73 Å². The van der Waals surface area contributed by atoms with E-state index in [-0.39, 0.29) is 17.1 Å². The molecule has 1 fully saturated rings. The zero-order valence-corrected chi connectivity index (χ0v) is 13.2. The second-order valence-electron chi connectivity index (χ2n) is 5.48. The molecule has 9 heteroatoms. The summed E-state index contributed by atoms with van der Waals surface area (Å²) in [5, 5.41) is 9.20. The number of piperidine rings is 1. The number of carboxylic acids is 1. The number of sulfonamides is 1. The fourth-order valence-electron chi connectivity index (χ4n) is 2.84. The fraction of sp³-hybridized carbons (Fsp3) is 0.538. The van der Waals surface area contributed by atoms with Crippen LogP contribution in [0, 0.1) is 5.92 Å². The number of rotatable bonds is 4. The van der Waals surface area contributed by atoms with E-state index >= 15 is 0 Å². The van der Waals surface area contributed by atoms with Crippen molar-refractivity contribution in [3.05, 3.63) is 18.0 Å². The Morgan fingerprint density at radius 2 is 2.05 bits per heavy atom. The molecule has 2 atom stereocenters. The zero-order valence-electron chi connectivity index (χ0n) is 12.4. The first-order valence-corrected chi connectivity index (χ1v) is 8.31. The van der Waals surface area contributed by atoms with E-state index < -0.39 is 33.9 Å². The molecule has 2 heterocycles. The molecule has 1 aliphatic heterocycles. The lowest BCUT2D eigenvalue weighted by molar-refractivity contribution is -0.144. The van der Waals surface area contributed by atoms with Crippen LogP contribution in [0.25, 0.3) is 0 Å². The van der Waals surface area contributed by atoms with Crippen LogP contribution >= 0.6 is 0 Å². The van der Waals surface area contributed by atoms with E-state index in [1.807, 2.05) is 0 Å². The van der Waals surface area contributed by atoms with Gasteiger partial charge in [-0.05, 0) is 25.8 Å². The summed E-state index contributed by atoms with van der Waals surface area (Å²) in [5.41, 5.74) is 5.27. The number of aliphatic carboxylic acids is 1. The van der Waals surface area contributed by atoms with Crippen molar-refractivity contribution in [1.82, 2.24) is 8.87 Å². The second-order valence-corrected chi connectivity index (χ2v) is 7.37. The minimum Gasteiger partial charge on any atom is -0.481 e. The smallest absolute Gasteiger partial charge is 0.308 e. The highest BCUT2D eigenvalue weighted by molar-refractivity contribution is 7.89. The van der Waals surface area contributed by atoms with Crippen LogP contribution in [0.1, 0.15) is 30.3 Å². The van der Waals surface area contributed by atoms with Crippen molar-refractivity contribution in [2.45, 2.75) is 30.7 Å². The number of hydrogen-bond donors (Lipinski definition) is 2. The molecule has 1 aromatic heterocycles. The lowest BCUT2D eigenvalue weighted by atomic mass is 9.92. The van der Waals surface area contributed by atoms with Crippen molar-refractivity contribution in [1.29, 1.82) is 0 Å². The van der Waals surface area contributed by atoms with Crippen molar-refractivity contribution < 1.29 is 23.1 Å². The fourth-order valence-corrected chi connectivity index (χ4v) is 4.61. The summed E-state index contributed by atoms with van der Waals surface area (Å²) in [4.78, 5) is 22.4. The second kappa shape index (κ2) is 5.73. The minimum atomic E-state index is -3.87. The largest absolute Gasteiger partial charge is 0.481 e. The Kier molecular flexibility index (Phi) is 4.30. The van der Waals surface area contributed by atoms with E-state index in [1.54, 1.807) is 6.92 Å². The van der Waals surface area contributed by atoms with E-state index in [2.05, 4.69) is 0 Å². The van der Waals surface area contributed by atoms with E-state index in [0.717, 1.165) is 0 Å². The molecule has 0 bridgehead atoms. The van der Waals surface area contributed by atoms with Gasteiger partial charge in [0.05, 0.1) is 5.92 Å². The quantitative estimate of drug-likeness (QED) is 0.805. The van der Waals surface area contributed by atoms with Crippen LogP contribution in [0.5, 0.6) is 0 Å². The molecular weight excluding hydrogens is 310 g/mol. The first kappa shape index (κ1) is 16.5. The summed E-state index contributed by atoms with van der Waals surface area (Å²) < 4.78 is 28.0. The summed E-state index contributed by atoms with van der Waals surface area (Å²) in [5.74, 6) is -2.46. The molecule has 1 amide bonds. The lowest BCUT2D eigenvalue weighted by Gasteiger charge is -2.36. The maximum atomic E-state index is 12.7. The average Bonchev–Trinajstić information content (AvgIpc) is 2.81. The van der Waals surface area contributed by atoms with Crippen LogP contribution < -0.4 is 5.73 Å². The number of amides is 1. The predicted molar refractivity (Wildman–Crippen MR) is 77.6 cm³/mol. The van der Waals surface area contributed by atoms with Crippen molar-refractivity contribution in [3.63, 3.8) is 0 Å². The Morgan fingerprint density at radius 1 is 1.41 bits per heavy atom. The monoisotopic (exact) mass is 329 g/mol. The highest BCUT2D eigenvalue weighted by Gasteiger charge is 2.40. The van der Waals surface area contributed by atoms with Gasteiger partial charge in [-0.1, -0.05) is 0 Å². The molecule has 0 saturated carbocycles. The molecule has 22 heavy (non-hydrogen) atoms. The molecule has 2 rings (SSSR count). The third kappa shape index (κ3) is 2.73. The van der Waals surface area contributed by atoms with E-state index in [0.29, 0.717) is 12.8 Å². The number of carboxylic acid groups (broad SMARTS) is 1. The molecule has 1 saturated heterocycles. The number of aryl methyl sites for hydroxylation is 1. The van der Waals surface area contributed by atoms with Gasteiger partial charge >= 0.3 is 5.97 Å². The zero-order chi connectivity index (χ0) is 16.7. The molecule has 1 aliphatic rings. The Bertz CT molecular complexity index is 709. The maximum Gasteiger partial charge on any atom is 0.308 e. The maximum absolute atomic E-state index is 12.7. The number of nitrogens with two attached hydrogens (primary N) is 1. The van der Waals surface area contributed by atoms with Crippen LogP contribution in [0.2, 0.25) is 0 Å². The topological polar surface area (TPSA) is 123 Å². The third-order valence-corrected chi connectivity index (χ3v) is 6.04. The van der Waals surface area contributed by atoms with Gasteiger partial charge in [0.15, 0.2) is 0 Å². The Labute approximate surface area is 128 Å². The molecule has 1 aromatic rings. The van der Waals surface area contributed by atoms with Crippen molar-refractivity contribution in [2.24, 2.45) is 18.7 Å². The highest BCUT2D eigenvalue weighted by Crippen LogP contribution is 2.29. The summed E-state index contributed by atoms with van der Waals surface area (Å²) in [6, 6.07) is 0.572. The van der Waals surface area contributed by atoms with Gasteiger partial charge in [0, 0.05) is 25.8 Å². The van der Waals surface area contributed by atoms with Crippen molar-refractivity contribution in [2.75, 3.05) is 6.54 Å². The van der Waals surface area contributed by atoms with Crippen LogP contribution in [-0.4, -0.2) is 46.9 Å². The van der Waals surface area contributed by atoms with Crippen molar-refractivity contribution in [3.8, 4) is 0 Å². The van der Waals surface area contributed by atoms with Gasteiger partial charge in [0.1, 0.15) is 10.6 Å². The number of carbonyl (C=O) groups is 2. The standard InChI is InChI=1S/C13H19N3O5S/c1-8-10(13(18)19)4-3-5-16(8)22(20,21)9-6-11(12(14)17)15(2)7-9/h6-8,10H,3-5H2,1-2H3,(H2,14,17)(H,18,19)/t8-,10-/m1/s1. The minimum absolute atomic E-state index is 0.0540. The van der Waals surface area contributed by atoms with Gasteiger partial charge in [-0.25, -0.2) is 8.42 Å². The van der Waals surface area contributed by atoms with Crippen LogP contribution in [-0.2, 0) is 21.9 Å². The first-order valence-electron chi connectivity index (χ1n) is 6.87. The summed E-state index contributed by atoms with van der Waals surface area (Å²) in [6.07, 6.45) is 2.24. The number of hydrogen-bond acceptors (Lipinski definition) is 4. The number of primary amides is 1. The number of nitrogens with zero attached hydrogens (tertiary/aromatic N) is 2. The van der Waals surface area contributed by atoms with Gasteiger partial charge < -0.3 is 15.4 Å². The Balaban J connectivity index is 2.39. The van der Waals surface area contributed by atoms with Crippen LogP contribution in [0.15, 0.2) is 17.2 Å². The van der Waals surface area contributed by atoms with Gasteiger partial charge in [-0.2, -0.15) is 4.31 Å². The molecule has 0 aromatic carbocycles. The molecule has 122 valence electrons. The summed E-state index contributed by atoms with van der Waals surface area (Å²) in [7, 11) is -2.34. The van der Waals surface area contributed by atoms with E-state index in [1.165, 1.54) is 28.2 Å². The third-order valence-electron chi connectivity index (χ3n) is 4.09. The number of carbonyl (C=O) groups excluding carboxylic acids is 1. The van der Waals surface area contributed by atoms with Crippen molar-refractivity contribution >= 4 is 21.9 Å². The van der Waals surface area contributed by atoms with E-state index in [9.17, 15) is 23.1 Å². The predicted octanol–water partition coefficient (Wildman–Crippen LogP) is -0.00220. The lowest BCUT2D eigenvalue weighted by Crippen LogP contribution is -2.48. The molecule has 3 N–H and O–H groups in total. The highest BCUT2D eigenvalue weighted by atomic mass is 32.2. The normalized spacial score (nSPS) is 23.4. The molecule has 8 nitrogen and oxygen atoms in total. The number of aromatic nitrogens is 1. The molecular formula is C13H19N3O5S. The van der Waals surface area contributed by atoms with Crippen LogP contribution in [0.3, 0.4) is 0 Å². The van der Waals surface area contributed by atoms with Gasteiger partial charge in [0.2, 0.25) is 10.0 Å². The molecule has 0 aliphatic carbocycles. The average molecular weight is 329 g/mol. The summed E-state index contributed by atoms with van der Waals surface area (Å²) in [6.45, 7) is 1.85. The van der Waals surface area contributed by atoms with Crippen LogP contribution in [0.4, 0.5) is 0 Å². The molecule has 0 unspecified atom stereocenters. The SMILES string of the molecule is C[C@@H]1[C@H](C(=O)O)CCCN1S(=O)(=O)c1cc(C(N)=O)n(C)c1. The Morgan fingerprint density at radius 3 is 2.55 bits per heavy atom. The first-order chi connectivity index (χ1) is 10.2. The van der Waals surface area contributed by atoms with Gasteiger partial charge in [-0.15, -0.1) is 0 Å². The molecule has 0 spiro atoms. The molecule has 0 radical (unpaired) electrons. The Hall–Kier alpha value is -1.87. The van der Waals surface area contributed by atoms with Gasteiger partial charge in [0.25, 0.3) is 5.91 Å².